The molecule has 1 aromatic heterocycles. The maximum Gasteiger partial charge on any atom is 0.252 e. The summed E-state index contributed by atoms with van der Waals surface area (Å²) in [5.74, 6) is -0.213. The minimum atomic E-state index is -0.730. The molecule has 23 heavy (non-hydrogen) atoms. The first-order valence-corrected chi connectivity index (χ1v) is 7.52. The quantitative estimate of drug-likeness (QED) is 0.779. The van der Waals surface area contributed by atoms with E-state index in [9.17, 15) is 9.90 Å². The molecule has 2 N–H and O–H groups in total. The topological polar surface area (TPSA) is 62.2 Å². The molecule has 4 nitrogen and oxygen atoms in total. The Morgan fingerprint density at radius 1 is 1.17 bits per heavy atom. The van der Waals surface area contributed by atoms with Crippen LogP contribution in [0.3, 0.4) is 0 Å². The Morgan fingerprint density at radius 3 is 2.83 bits per heavy atom. The Bertz CT molecular complexity index is 840. The van der Waals surface area contributed by atoms with E-state index in [1.54, 1.807) is 24.4 Å². The minimum Gasteiger partial charge on any atom is -0.387 e. The Labute approximate surface area is 134 Å². The Morgan fingerprint density at radius 2 is 2.00 bits per heavy atom. The molecule has 0 spiro atoms. The van der Waals surface area contributed by atoms with E-state index in [-0.39, 0.29) is 12.5 Å². The molecule has 3 rings (SSSR count). The second-order valence-electron chi connectivity index (χ2n) is 5.52. The lowest BCUT2D eigenvalue weighted by molar-refractivity contribution is 0.0918. The van der Waals surface area contributed by atoms with Crippen LogP contribution in [0.25, 0.3) is 10.9 Å². The van der Waals surface area contributed by atoms with Gasteiger partial charge in [-0.1, -0.05) is 42.0 Å². The van der Waals surface area contributed by atoms with Crippen LogP contribution in [0.5, 0.6) is 0 Å². The van der Waals surface area contributed by atoms with E-state index in [1.807, 2.05) is 43.3 Å². The molecular weight excluding hydrogens is 288 g/mol. The van der Waals surface area contributed by atoms with Gasteiger partial charge in [-0.2, -0.15) is 0 Å². The standard InChI is InChI=1S/C19H18N2O2/c1-13-5-2-6-14(11-13)18(22)12-21-19(23)16-7-3-9-17-15(16)8-4-10-20-17/h2-11,18,22H,12H2,1H3,(H,21,23). The first-order valence-electron chi connectivity index (χ1n) is 7.52. The van der Waals surface area contributed by atoms with Crippen molar-refractivity contribution in [2.75, 3.05) is 6.54 Å². The number of aromatic nitrogens is 1. The molecule has 0 bridgehead atoms. The number of pyridine rings is 1. The van der Waals surface area contributed by atoms with Crippen LogP contribution < -0.4 is 5.32 Å². The summed E-state index contributed by atoms with van der Waals surface area (Å²) in [6, 6.07) is 16.7. The van der Waals surface area contributed by atoms with Crippen LogP contribution in [-0.4, -0.2) is 22.5 Å². The molecule has 4 heteroatoms. The second-order valence-corrected chi connectivity index (χ2v) is 5.52. The average Bonchev–Trinajstić information content (AvgIpc) is 2.59. The number of fused-ring (bicyclic) bond motifs is 1. The van der Waals surface area contributed by atoms with Gasteiger partial charge in [0, 0.05) is 23.7 Å². The highest BCUT2D eigenvalue weighted by molar-refractivity contribution is 6.06. The second kappa shape index (κ2) is 6.58. The summed E-state index contributed by atoms with van der Waals surface area (Å²) < 4.78 is 0. The smallest absolute Gasteiger partial charge is 0.252 e. The third kappa shape index (κ3) is 3.38. The van der Waals surface area contributed by atoms with Crippen LogP contribution in [0, 0.1) is 6.92 Å². The molecule has 2 aromatic carbocycles. The summed E-state index contributed by atoms with van der Waals surface area (Å²) in [4.78, 5) is 16.7. The van der Waals surface area contributed by atoms with Crippen molar-refractivity contribution in [3.05, 3.63) is 77.5 Å². The molecule has 0 saturated heterocycles. The summed E-state index contributed by atoms with van der Waals surface area (Å²) in [6.45, 7) is 2.14. The van der Waals surface area contributed by atoms with E-state index in [2.05, 4.69) is 10.3 Å². The van der Waals surface area contributed by atoms with Crippen molar-refractivity contribution < 1.29 is 9.90 Å². The Balaban J connectivity index is 1.74. The van der Waals surface area contributed by atoms with Crippen molar-refractivity contribution in [3.63, 3.8) is 0 Å². The summed E-state index contributed by atoms with van der Waals surface area (Å²) in [6.07, 6.45) is 0.970. The van der Waals surface area contributed by atoms with Crippen molar-refractivity contribution in [2.24, 2.45) is 0 Å². The molecule has 0 aliphatic rings. The number of nitrogens with one attached hydrogen (secondary N) is 1. The highest BCUT2D eigenvalue weighted by atomic mass is 16.3. The summed E-state index contributed by atoms with van der Waals surface area (Å²) in [7, 11) is 0. The molecule has 1 atom stereocenters. The number of aryl methyl sites for hydroxylation is 1. The van der Waals surface area contributed by atoms with E-state index < -0.39 is 6.10 Å². The van der Waals surface area contributed by atoms with Gasteiger partial charge in [0.1, 0.15) is 0 Å². The molecule has 1 heterocycles. The fourth-order valence-corrected chi connectivity index (χ4v) is 2.58. The van der Waals surface area contributed by atoms with Crippen molar-refractivity contribution in [2.45, 2.75) is 13.0 Å². The summed E-state index contributed by atoms with van der Waals surface area (Å²) in [5, 5.41) is 13.8. The predicted molar refractivity (Wildman–Crippen MR) is 90.2 cm³/mol. The van der Waals surface area contributed by atoms with Crippen LogP contribution in [0.4, 0.5) is 0 Å². The van der Waals surface area contributed by atoms with Crippen molar-refractivity contribution in [3.8, 4) is 0 Å². The SMILES string of the molecule is Cc1cccc(C(O)CNC(=O)c2cccc3ncccc23)c1. The van der Waals surface area contributed by atoms with Gasteiger partial charge in [0.2, 0.25) is 0 Å². The third-order valence-corrected chi connectivity index (χ3v) is 3.77. The van der Waals surface area contributed by atoms with Crippen molar-refractivity contribution in [1.82, 2.24) is 10.3 Å². The maximum absolute atomic E-state index is 12.4. The lowest BCUT2D eigenvalue weighted by Crippen LogP contribution is -2.28. The third-order valence-electron chi connectivity index (χ3n) is 3.77. The highest BCUT2D eigenvalue weighted by Gasteiger charge is 2.13. The van der Waals surface area contributed by atoms with Gasteiger partial charge >= 0.3 is 0 Å². The minimum absolute atomic E-state index is 0.166. The van der Waals surface area contributed by atoms with E-state index in [1.165, 1.54) is 0 Å². The van der Waals surface area contributed by atoms with Crippen LogP contribution in [0.1, 0.15) is 27.6 Å². The molecule has 1 amide bonds. The van der Waals surface area contributed by atoms with Gasteiger partial charge in [0.25, 0.3) is 5.91 Å². The number of carbonyl (C=O) groups is 1. The number of carbonyl (C=O) groups excluding carboxylic acids is 1. The lowest BCUT2D eigenvalue weighted by Gasteiger charge is -2.13. The van der Waals surface area contributed by atoms with E-state index in [0.717, 1.165) is 22.0 Å². The lowest BCUT2D eigenvalue weighted by atomic mass is 10.1. The van der Waals surface area contributed by atoms with Gasteiger partial charge in [-0.25, -0.2) is 0 Å². The van der Waals surface area contributed by atoms with Gasteiger partial charge in [0.05, 0.1) is 11.6 Å². The first kappa shape index (κ1) is 15.2. The summed E-state index contributed by atoms with van der Waals surface area (Å²) in [5.41, 5.74) is 3.21. The van der Waals surface area contributed by atoms with Gasteiger partial charge in [-0.15, -0.1) is 0 Å². The number of aliphatic hydroxyl groups is 1. The monoisotopic (exact) mass is 306 g/mol. The maximum atomic E-state index is 12.4. The van der Waals surface area contributed by atoms with Gasteiger partial charge in [0.15, 0.2) is 0 Å². The van der Waals surface area contributed by atoms with Gasteiger partial charge in [-0.05, 0) is 30.7 Å². The zero-order valence-corrected chi connectivity index (χ0v) is 12.9. The summed E-state index contributed by atoms with van der Waals surface area (Å²) >= 11 is 0. The zero-order chi connectivity index (χ0) is 16.2. The van der Waals surface area contributed by atoms with Crippen LogP contribution >= 0.6 is 0 Å². The highest BCUT2D eigenvalue weighted by Crippen LogP contribution is 2.17. The molecular formula is C19H18N2O2. The van der Waals surface area contributed by atoms with Crippen LogP contribution in [-0.2, 0) is 0 Å². The molecule has 0 radical (unpaired) electrons. The largest absolute Gasteiger partial charge is 0.387 e. The van der Waals surface area contributed by atoms with E-state index in [0.29, 0.717) is 5.56 Å². The van der Waals surface area contributed by atoms with E-state index >= 15 is 0 Å². The molecule has 1 unspecified atom stereocenters. The van der Waals surface area contributed by atoms with Crippen molar-refractivity contribution in [1.29, 1.82) is 0 Å². The molecule has 0 aliphatic heterocycles. The van der Waals surface area contributed by atoms with Gasteiger partial charge < -0.3 is 10.4 Å². The molecule has 0 saturated carbocycles. The fourth-order valence-electron chi connectivity index (χ4n) is 2.58. The average molecular weight is 306 g/mol. The number of rotatable bonds is 4. The molecule has 0 aliphatic carbocycles. The number of aliphatic hydroxyl groups excluding tert-OH is 1. The number of benzene rings is 2. The number of amides is 1. The molecule has 3 aromatic rings. The van der Waals surface area contributed by atoms with Crippen molar-refractivity contribution >= 4 is 16.8 Å². The van der Waals surface area contributed by atoms with E-state index in [4.69, 9.17) is 0 Å². The van der Waals surface area contributed by atoms with Crippen LogP contribution in [0.15, 0.2) is 60.8 Å². The Kier molecular flexibility index (Phi) is 4.35. The molecule has 0 fully saturated rings. The van der Waals surface area contributed by atoms with Gasteiger partial charge in [-0.3, -0.25) is 9.78 Å². The zero-order valence-electron chi connectivity index (χ0n) is 12.9. The predicted octanol–water partition coefficient (Wildman–Crippen LogP) is 3.01. The number of nitrogens with zero attached hydrogens (tertiary/aromatic N) is 1. The van der Waals surface area contributed by atoms with Crippen LogP contribution in [0.2, 0.25) is 0 Å². The first-order chi connectivity index (χ1) is 11.1. The Hall–Kier alpha value is -2.72. The fraction of sp³-hybridized carbons (Fsp3) is 0.158. The molecule has 116 valence electrons. The normalized spacial score (nSPS) is 12.1. The number of hydrogen-bond acceptors (Lipinski definition) is 3. The number of hydrogen-bond donors (Lipinski definition) is 2.